The topological polar surface area (TPSA) is 75.4 Å². The van der Waals surface area contributed by atoms with E-state index in [1.807, 2.05) is 0 Å². The normalized spacial score (nSPS) is 18.3. The highest BCUT2D eigenvalue weighted by Gasteiger charge is 2.38. The van der Waals surface area contributed by atoms with E-state index in [0.717, 1.165) is 4.57 Å². The van der Waals surface area contributed by atoms with E-state index >= 15 is 0 Å². The summed E-state index contributed by atoms with van der Waals surface area (Å²) in [6.07, 6.45) is -2.84. The maximum atomic E-state index is 13.3. The van der Waals surface area contributed by atoms with Gasteiger partial charge >= 0.3 is 12.1 Å². The van der Waals surface area contributed by atoms with E-state index in [-0.39, 0.29) is 16.6 Å². The Balaban J connectivity index is 2.04. The van der Waals surface area contributed by atoms with Crippen LogP contribution in [0.4, 0.5) is 13.2 Å². The molecule has 1 amide bonds. The van der Waals surface area contributed by atoms with Crippen LogP contribution in [-0.4, -0.2) is 44.0 Å². The number of fused-ring (bicyclic) bond motifs is 1. The van der Waals surface area contributed by atoms with Gasteiger partial charge in [0.1, 0.15) is 6.04 Å². The van der Waals surface area contributed by atoms with Crippen LogP contribution in [0.3, 0.4) is 0 Å². The molecule has 0 saturated carbocycles. The molecular formula is C18H20F3N3O3. The number of carbonyl (C=O) groups excluding carboxylic acids is 1. The third-order valence-electron chi connectivity index (χ3n) is 4.76. The second-order valence-corrected chi connectivity index (χ2v) is 6.95. The number of carboxylic acids is 1. The molecule has 146 valence electrons. The third-order valence-corrected chi connectivity index (χ3v) is 4.76. The predicted octanol–water partition coefficient (Wildman–Crippen LogP) is 3.72. The van der Waals surface area contributed by atoms with Crippen molar-refractivity contribution in [3.63, 3.8) is 0 Å². The van der Waals surface area contributed by atoms with Gasteiger partial charge in [-0.05, 0) is 51.3 Å². The molecule has 0 aliphatic carbocycles. The number of imidazole rings is 1. The number of halogens is 3. The number of benzene rings is 1. The molecule has 9 heteroatoms. The Morgan fingerprint density at radius 3 is 2.56 bits per heavy atom. The van der Waals surface area contributed by atoms with Crippen molar-refractivity contribution in [2.45, 2.75) is 51.4 Å². The minimum Gasteiger partial charge on any atom is -0.480 e. The average molecular weight is 383 g/mol. The number of aromatic nitrogens is 2. The van der Waals surface area contributed by atoms with Crippen molar-refractivity contribution in [3.05, 3.63) is 29.6 Å². The Morgan fingerprint density at radius 1 is 1.26 bits per heavy atom. The van der Waals surface area contributed by atoms with Crippen LogP contribution < -0.4 is 0 Å². The molecule has 6 nitrogen and oxygen atoms in total. The number of alkyl halides is 3. The molecule has 1 atom stereocenters. The van der Waals surface area contributed by atoms with Gasteiger partial charge in [-0.1, -0.05) is 0 Å². The second-order valence-electron chi connectivity index (χ2n) is 6.95. The van der Waals surface area contributed by atoms with Crippen molar-refractivity contribution < 1.29 is 27.9 Å². The lowest BCUT2D eigenvalue weighted by atomic mass is 10.0. The first-order valence-electron chi connectivity index (χ1n) is 8.74. The van der Waals surface area contributed by atoms with Crippen molar-refractivity contribution >= 4 is 22.9 Å². The van der Waals surface area contributed by atoms with E-state index in [1.165, 1.54) is 23.1 Å². The first-order chi connectivity index (χ1) is 12.6. The number of carbonyl (C=O) groups is 2. The largest absolute Gasteiger partial charge is 0.480 e. The van der Waals surface area contributed by atoms with Crippen LogP contribution in [-0.2, 0) is 11.0 Å². The van der Waals surface area contributed by atoms with Crippen LogP contribution in [0.15, 0.2) is 18.2 Å². The summed E-state index contributed by atoms with van der Waals surface area (Å²) in [6.45, 7) is 3.56. The SMILES string of the molecule is CC(C)n1c(C(F)(F)F)nc2cc(C(=O)N3CCCC[C@@H]3C(=O)O)ccc21. The van der Waals surface area contributed by atoms with Gasteiger partial charge < -0.3 is 14.6 Å². The first-order valence-corrected chi connectivity index (χ1v) is 8.74. The lowest BCUT2D eigenvalue weighted by Gasteiger charge is -2.33. The Kier molecular flexibility index (Phi) is 4.88. The lowest BCUT2D eigenvalue weighted by Crippen LogP contribution is -2.47. The Hall–Kier alpha value is -2.58. The van der Waals surface area contributed by atoms with Gasteiger partial charge in [0.05, 0.1) is 11.0 Å². The summed E-state index contributed by atoms with van der Waals surface area (Å²) in [4.78, 5) is 29.2. The number of hydrogen-bond acceptors (Lipinski definition) is 3. The molecular weight excluding hydrogens is 363 g/mol. The number of aliphatic carboxylic acids is 1. The second kappa shape index (κ2) is 6.86. The Labute approximate surface area is 153 Å². The molecule has 3 rings (SSSR count). The Bertz CT molecular complexity index is 889. The van der Waals surface area contributed by atoms with Crippen molar-refractivity contribution in [3.8, 4) is 0 Å². The summed E-state index contributed by atoms with van der Waals surface area (Å²) in [7, 11) is 0. The predicted molar refractivity (Wildman–Crippen MR) is 91.4 cm³/mol. The number of amides is 1. The van der Waals surface area contributed by atoms with Crippen LogP contribution in [0.1, 0.15) is 55.3 Å². The molecule has 1 aliphatic rings. The summed E-state index contributed by atoms with van der Waals surface area (Å²) >= 11 is 0. The number of likely N-dealkylation sites (tertiary alicyclic amines) is 1. The zero-order valence-corrected chi connectivity index (χ0v) is 15.0. The molecule has 1 aliphatic heterocycles. The monoisotopic (exact) mass is 383 g/mol. The highest BCUT2D eigenvalue weighted by Crippen LogP contribution is 2.34. The molecule has 2 heterocycles. The maximum absolute atomic E-state index is 13.3. The van der Waals surface area contributed by atoms with Crippen LogP contribution in [0.2, 0.25) is 0 Å². The van der Waals surface area contributed by atoms with E-state index in [2.05, 4.69) is 4.98 Å². The molecule has 2 aromatic rings. The molecule has 0 bridgehead atoms. The van der Waals surface area contributed by atoms with Crippen molar-refractivity contribution in [2.75, 3.05) is 6.54 Å². The van der Waals surface area contributed by atoms with E-state index in [4.69, 9.17) is 0 Å². The molecule has 1 aromatic carbocycles. The van der Waals surface area contributed by atoms with Gasteiger partial charge in [-0.15, -0.1) is 0 Å². The first kappa shape index (κ1) is 19.2. The van der Waals surface area contributed by atoms with Gasteiger partial charge in [-0.3, -0.25) is 4.79 Å². The zero-order valence-electron chi connectivity index (χ0n) is 15.0. The van der Waals surface area contributed by atoms with Crippen LogP contribution in [0.5, 0.6) is 0 Å². The minimum absolute atomic E-state index is 0.0609. The standard InChI is InChI=1S/C18H20F3N3O3/c1-10(2)24-13-7-6-11(9-12(13)22-17(24)18(19,20)21)15(25)23-8-4-3-5-14(23)16(26)27/h6-7,9-10,14H,3-5,8H2,1-2H3,(H,26,27)/t14-/m1/s1. The van der Waals surface area contributed by atoms with Gasteiger partial charge in [-0.2, -0.15) is 13.2 Å². The van der Waals surface area contributed by atoms with E-state index < -0.39 is 36.0 Å². The molecule has 0 radical (unpaired) electrons. The quantitative estimate of drug-likeness (QED) is 0.877. The highest BCUT2D eigenvalue weighted by atomic mass is 19.4. The highest BCUT2D eigenvalue weighted by molar-refractivity contribution is 5.99. The summed E-state index contributed by atoms with van der Waals surface area (Å²) < 4.78 is 41.0. The van der Waals surface area contributed by atoms with Crippen LogP contribution >= 0.6 is 0 Å². The van der Waals surface area contributed by atoms with E-state index in [0.29, 0.717) is 25.8 Å². The number of nitrogens with zero attached hydrogens (tertiary/aromatic N) is 3. The molecule has 1 aromatic heterocycles. The van der Waals surface area contributed by atoms with E-state index in [9.17, 15) is 27.9 Å². The summed E-state index contributed by atoms with van der Waals surface area (Å²) in [5, 5.41) is 9.33. The molecule has 0 unspecified atom stereocenters. The van der Waals surface area contributed by atoms with Crippen molar-refractivity contribution in [1.82, 2.24) is 14.5 Å². The van der Waals surface area contributed by atoms with Gasteiger partial charge in [0.25, 0.3) is 5.91 Å². The smallest absolute Gasteiger partial charge is 0.449 e. The average Bonchev–Trinajstić information content (AvgIpc) is 3.00. The minimum atomic E-state index is -4.62. The molecule has 1 saturated heterocycles. The van der Waals surface area contributed by atoms with Crippen LogP contribution in [0, 0.1) is 0 Å². The number of carboxylic acid groups (broad SMARTS) is 1. The molecule has 27 heavy (non-hydrogen) atoms. The molecule has 1 fully saturated rings. The van der Waals surface area contributed by atoms with Gasteiger partial charge in [0.2, 0.25) is 5.82 Å². The van der Waals surface area contributed by atoms with Gasteiger partial charge in [-0.25, -0.2) is 9.78 Å². The number of hydrogen-bond donors (Lipinski definition) is 1. The fourth-order valence-electron chi connectivity index (χ4n) is 3.55. The summed E-state index contributed by atoms with van der Waals surface area (Å²) in [5.74, 6) is -2.59. The number of piperidine rings is 1. The third kappa shape index (κ3) is 3.50. The van der Waals surface area contributed by atoms with Gasteiger partial charge in [0.15, 0.2) is 0 Å². The zero-order chi connectivity index (χ0) is 19.9. The van der Waals surface area contributed by atoms with Crippen molar-refractivity contribution in [1.29, 1.82) is 0 Å². The fraction of sp³-hybridized carbons (Fsp3) is 0.500. The summed E-state index contributed by atoms with van der Waals surface area (Å²) in [6, 6.07) is 2.79. The molecule has 0 spiro atoms. The van der Waals surface area contributed by atoms with Crippen LogP contribution in [0.25, 0.3) is 11.0 Å². The fourth-order valence-corrected chi connectivity index (χ4v) is 3.55. The maximum Gasteiger partial charge on any atom is 0.449 e. The lowest BCUT2D eigenvalue weighted by molar-refractivity contribution is -0.147. The molecule has 1 N–H and O–H groups in total. The van der Waals surface area contributed by atoms with Crippen molar-refractivity contribution in [2.24, 2.45) is 0 Å². The van der Waals surface area contributed by atoms with E-state index in [1.54, 1.807) is 13.8 Å². The number of rotatable bonds is 3. The summed E-state index contributed by atoms with van der Waals surface area (Å²) in [5.41, 5.74) is 0.478. The Morgan fingerprint density at radius 2 is 1.96 bits per heavy atom. The van der Waals surface area contributed by atoms with Gasteiger partial charge in [0, 0.05) is 18.2 Å².